The summed E-state index contributed by atoms with van der Waals surface area (Å²) >= 11 is 0. The van der Waals surface area contributed by atoms with Crippen LogP contribution in [0.2, 0.25) is 0 Å². The lowest BCUT2D eigenvalue weighted by molar-refractivity contribution is -0.139. The molecule has 7 nitrogen and oxygen atoms in total. The molecule has 0 saturated carbocycles. The molecule has 3 aromatic rings. The standard InChI is InChI=1S/C22H25F4N5O2/c1-4-30-13-16(9-27-30)12-28-5-6-31(21(28)32)19-8-17(7-18(20(19)23)22(24,25)26)29-10-14(2)33-15(3)11-29/h5-9,13-15H,4,10-12H2,1-3H3/t14-,15-/m1/s1. The van der Waals surface area contributed by atoms with Crippen molar-refractivity contribution in [2.75, 3.05) is 18.0 Å². The number of morpholine rings is 1. The Kier molecular flexibility index (Phi) is 6.08. The smallest absolute Gasteiger partial charge is 0.372 e. The molecule has 4 rings (SSSR count). The van der Waals surface area contributed by atoms with Gasteiger partial charge in [0.25, 0.3) is 0 Å². The van der Waals surface area contributed by atoms with E-state index in [9.17, 15) is 18.0 Å². The molecule has 0 N–H and O–H groups in total. The predicted octanol–water partition coefficient (Wildman–Crippen LogP) is 3.68. The lowest BCUT2D eigenvalue weighted by Gasteiger charge is -2.37. The topological polar surface area (TPSA) is 57.2 Å². The largest absolute Gasteiger partial charge is 0.419 e. The summed E-state index contributed by atoms with van der Waals surface area (Å²) in [5, 5.41) is 4.15. The van der Waals surface area contributed by atoms with Crippen LogP contribution in [0.1, 0.15) is 31.9 Å². The summed E-state index contributed by atoms with van der Waals surface area (Å²) in [6, 6.07) is 2.08. The molecule has 1 saturated heterocycles. The number of aromatic nitrogens is 4. The fourth-order valence-electron chi connectivity index (χ4n) is 4.12. The molecular weight excluding hydrogens is 442 g/mol. The molecule has 0 bridgehead atoms. The van der Waals surface area contributed by atoms with Crippen LogP contribution in [0, 0.1) is 5.82 Å². The first-order chi connectivity index (χ1) is 15.6. The van der Waals surface area contributed by atoms with Crippen LogP contribution in [-0.4, -0.2) is 44.2 Å². The first-order valence-corrected chi connectivity index (χ1v) is 10.7. The lowest BCUT2D eigenvalue weighted by Crippen LogP contribution is -2.45. The number of anilines is 1. The van der Waals surface area contributed by atoms with E-state index in [-0.39, 0.29) is 24.4 Å². The van der Waals surface area contributed by atoms with Gasteiger partial charge in [-0.15, -0.1) is 0 Å². The van der Waals surface area contributed by atoms with Crippen molar-refractivity contribution in [1.82, 2.24) is 18.9 Å². The number of hydrogen-bond donors (Lipinski definition) is 0. The molecule has 1 fully saturated rings. The maximum Gasteiger partial charge on any atom is 0.419 e. The van der Waals surface area contributed by atoms with Gasteiger partial charge in [0.05, 0.1) is 36.2 Å². The second-order valence-electron chi connectivity index (χ2n) is 8.27. The van der Waals surface area contributed by atoms with Crippen molar-refractivity contribution >= 4 is 5.69 Å². The molecule has 2 atom stereocenters. The van der Waals surface area contributed by atoms with Gasteiger partial charge in [0.1, 0.15) is 0 Å². The van der Waals surface area contributed by atoms with Crippen molar-refractivity contribution in [3.8, 4) is 5.69 Å². The number of rotatable bonds is 5. The maximum atomic E-state index is 15.1. The Balaban J connectivity index is 1.77. The van der Waals surface area contributed by atoms with E-state index in [2.05, 4.69) is 5.10 Å². The number of halogens is 4. The number of nitrogens with zero attached hydrogens (tertiary/aromatic N) is 5. The van der Waals surface area contributed by atoms with Crippen LogP contribution in [0.15, 0.2) is 41.7 Å². The van der Waals surface area contributed by atoms with Crippen LogP contribution in [-0.2, 0) is 24.0 Å². The summed E-state index contributed by atoms with van der Waals surface area (Å²) in [6.07, 6.45) is 0.751. The van der Waals surface area contributed by atoms with Crippen molar-refractivity contribution in [2.45, 2.75) is 52.2 Å². The monoisotopic (exact) mass is 467 g/mol. The first kappa shape index (κ1) is 23.1. The molecule has 0 amide bonds. The zero-order chi connectivity index (χ0) is 23.9. The molecule has 2 aromatic heterocycles. The third-order valence-electron chi connectivity index (χ3n) is 5.60. The Morgan fingerprint density at radius 1 is 1.15 bits per heavy atom. The van der Waals surface area contributed by atoms with Gasteiger partial charge in [-0.05, 0) is 32.9 Å². The molecule has 1 aliphatic rings. The Morgan fingerprint density at radius 2 is 1.85 bits per heavy atom. The average Bonchev–Trinajstić information content (AvgIpc) is 3.34. The van der Waals surface area contributed by atoms with Gasteiger partial charge in [0, 0.05) is 49.5 Å². The van der Waals surface area contributed by atoms with Crippen LogP contribution in [0.25, 0.3) is 5.69 Å². The Hall–Kier alpha value is -3.08. The van der Waals surface area contributed by atoms with Gasteiger partial charge in [-0.1, -0.05) is 0 Å². The lowest BCUT2D eigenvalue weighted by atomic mass is 10.1. The van der Waals surface area contributed by atoms with Gasteiger partial charge >= 0.3 is 11.9 Å². The van der Waals surface area contributed by atoms with Crippen molar-refractivity contribution in [2.24, 2.45) is 0 Å². The molecule has 0 radical (unpaired) electrons. The minimum absolute atomic E-state index is 0.164. The number of ether oxygens (including phenoxy) is 1. The highest BCUT2D eigenvalue weighted by Gasteiger charge is 2.37. The SMILES string of the molecule is CCn1cc(Cn2ccn(-c3cc(N4C[C@@H](C)O[C@H](C)C4)cc(C(F)(F)F)c3F)c2=O)cn1. The van der Waals surface area contributed by atoms with Crippen molar-refractivity contribution in [3.63, 3.8) is 0 Å². The summed E-state index contributed by atoms with van der Waals surface area (Å²) in [5.41, 5.74) is -1.57. The third-order valence-corrected chi connectivity index (χ3v) is 5.60. The van der Waals surface area contributed by atoms with E-state index < -0.39 is 28.9 Å². The quantitative estimate of drug-likeness (QED) is 0.538. The van der Waals surface area contributed by atoms with Crippen LogP contribution in [0.5, 0.6) is 0 Å². The second kappa shape index (κ2) is 8.69. The highest BCUT2D eigenvalue weighted by atomic mass is 19.4. The van der Waals surface area contributed by atoms with E-state index in [1.807, 2.05) is 20.8 Å². The van der Waals surface area contributed by atoms with Gasteiger partial charge in [-0.25, -0.2) is 9.18 Å². The Morgan fingerprint density at radius 3 is 2.45 bits per heavy atom. The van der Waals surface area contributed by atoms with Gasteiger partial charge in [-0.3, -0.25) is 13.8 Å². The van der Waals surface area contributed by atoms with E-state index in [1.165, 1.54) is 23.0 Å². The fraction of sp³-hybridized carbons (Fsp3) is 0.455. The molecular formula is C22H25F4N5O2. The molecule has 1 aromatic carbocycles. The molecule has 33 heavy (non-hydrogen) atoms. The van der Waals surface area contributed by atoms with E-state index in [0.717, 1.165) is 16.2 Å². The zero-order valence-corrected chi connectivity index (χ0v) is 18.5. The summed E-state index contributed by atoms with van der Waals surface area (Å²) in [7, 11) is 0. The highest BCUT2D eigenvalue weighted by Crippen LogP contribution is 2.37. The maximum absolute atomic E-state index is 15.1. The number of alkyl halides is 3. The van der Waals surface area contributed by atoms with Crippen molar-refractivity contribution in [1.29, 1.82) is 0 Å². The van der Waals surface area contributed by atoms with E-state index in [4.69, 9.17) is 4.74 Å². The second-order valence-corrected chi connectivity index (χ2v) is 8.27. The third kappa shape index (κ3) is 4.68. The molecule has 178 valence electrons. The van der Waals surface area contributed by atoms with E-state index in [0.29, 0.717) is 19.6 Å². The van der Waals surface area contributed by atoms with Crippen LogP contribution in [0.3, 0.4) is 0 Å². The molecule has 1 aliphatic heterocycles. The van der Waals surface area contributed by atoms with Crippen LogP contribution >= 0.6 is 0 Å². The molecule has 3 heterocycles. The zero-order valence-electron chi connectivity index (χ0n) is 18.5. The van der Waals surface area contributed by atoms with Crippen LogP contribution in [0.4, 0.5) is 23.2 Å². The minimum Gasteiger partial charge on any atom is -0.372 e. The molecule has 0 aliphatic carbocycles. The number of aryl methyl sites for hydroxylation is 1. The molecule has 0 unspecified atom stereocenters. The Labute approximate surface area is 187 Å². The summed E-state index contributed by atoms with van der Waals surface area (Å²) < 4.78 is 65.7. The summed E-state index contributed by atoms with van der Waals surface area (Å²) in [6.45, 7) is 7.09. The van der Waals surface area contributed by atoms with Gasteiger partial charge in [-0.2, -0.15) is 18.3 Å². The summed E-state index contributed by atoms with van der Waals surface area (Å²) in [5.74, 6) is -1.49. The molecule has 0 spiro atoms. The van der Waals surface area contributed by atoms with Crippen molar-refractivity contribution < 1.29 is 22.3 Å². The Bertz CT molecular complexity index is 1190. The van der Waals surface area contributed by atoms with Gasteiger partial charge < -0.3 is 9.64 Å². The first-order valence-electron chi connectivity index (χ1n) is 10.7. The minimum atomic E-state index is -4.92. The molecule has 11 heteroatoms. The summed E-state index contributed by atoms with van der Waals surface area (Å²) in [4.78, 5) is 14.7. The van der Waals surface area contributed by atoms with E-state index in [1.54, 1.807) is 22.0 Å². The number of benzene rings is 1. The number of imidazole rings is 1. The van der Waals surface area contributed by atoms with Crippen LogP contribution < -0.4 is 10.6 Å². The normalized spacial score (nSPS) is 19.3. The van der Waals surface area contributed by atoms with E-state index >= 15 is 4.39 Å². The van der Waals surface area contributed by atoms with Crippen molar-refractivity contribution in [3.05, 3.63) is 64.3 Å². The van der Waals surface area contributed by atoms with Gasteiger partial charge in [0.15, 0.2) is 5.82 Å². The number of hydrogen-bond acceptors (Lipinski definition) is 4. The van der Waals surface area contributed by atoms with Gasteiger partial charge in [0.2, 0.25) is 0 Å². The fourth-order valence-corrected chi connectivity index (χ4v) is 4.12. The average molecular weight is 467 g/mol. The predicted molar refractivity (Wildman–Crippen MR) is 114 cm³/mol. The highest BCUT2D eigenvalue weighted by molar-refractivity contribution is 5.58.